The summed E-state index contributed by atoms with van der Waals surface area (Å²) in [4.78, 5) is 6.78. The molecule has 1 aliphatic rings. The molecule has 1 aromatic rings. The second-order valence-corrected chi connectivity index (χ2v) is 7.82. The SMILES string of the molecule is CCS(=O)(=O)NCCN1CCC(Nc2cccc(C)n2)CC1. The average molecular weight is 326 g/mol. The van der Waals surface area contributed by atoms with Gasteiger partial charge in [-0.2, -0.15) is 0 Å². The van der Waals surface area contributed by atoms with E-state index in [9.17, 15) is 8.42 Å². The van der Waals surface area contributed by atoms with Crippen LogP contribution in [-0.2, 0) is 10.0 Å². The summed E-state index contributed by atoms with van der Waals surface area (Å²) in [5.41, 5.74) is 1.02. The molecule has 0 bridgehead atoms. The van der Waals surface area contributed by atoms with Crippen LogP contribution in [0, 0.1) is 6.92 Å². The van der Waals surface area contributed by atoms with Crippen LogP contribution in [0.3, 0.4) is 0 Å². The lowest BCUT2D eigenvalue weighted by atomic mass is 10.1. The number of nitrogens with one attached hydrogen (secondary N) is 2. The Bertz CT molecular complexity index is 569. The topological polar surface area (TPSA) is 74.3 Å². The number of piperidine rings is 1. The average Bonchev–Trinajstić information content (AvgIpc) is 2.49. The predicted molar refractivity (Wildman–Crippen MR) is 89.5 cm³/mol. The molecule has 2 N–H and O–H groups in total. The molecule has 1 saturated heterocycles. The smallest absolute Gasteiger partial charge is 0.211 e. The minimum atomic E-state index is -3.07. The number of hydrogen-bond acceptors (Lipinski definition) is 5. The van der Waals surface area contributed by atoms with Crippen LogP contribution < -0.4 is 10.0 Å². The minimum Gasteiger partial charge on any atom is -0.367 e. The third kappa shape index (κ3) is 5.55. The van der Waals surface area contributed by atoms with Gasteiger partial charge in [-0.15, -0.1) is 0 Å². The van der Waals surface area contributed by atoms with Crippen LogP contribution in [0.15, 0.2) is 18.2 Å². The zero-order valence-electron chi connectivity index (χ0n) is 13.4. The summed E-state index contributed by atoms with van der Waals surface area (Å²) in [5, 5.41) is 3.48. The van der Waals surface area contributed by atoms with Gasteiger partial charge in [-0.1, -0.05) is 6.07 Å². The van der Waals surface area contributed by atoms with Gasteiger partial charge in [0.25, 0.3) is 0 Å². The Morgan fingerprint density at radius 3 is 2.68 bits per heavy atom. The first kappa shape index (κ1) is 17.2. The maximum absolute atomic E-state index is 11.4. The Balaban J connectivity index is 1.69. The van der Waals surface area contributed by atoms with Crippen molar-refractivity contribution in [1.82, 2.24) is 14.6 Å². The number of aryl methyl sites for hydroxylation is 1. The van der Waals surface area contributed by atoms with E-state index in [1.807, 2.05) is 25.1 Å². The van der Waals surface area contributed by atoms with Crippen molar-refractivity contribution >= 4 is 15.8 Å². The highest BCUT2D eigenvalue weighted by Gasteiger charge is 2.19. The lowest BCUT2D eigenvalue weighted by Crippen LogP contribution is -2.42. The lowest BCUT2D eigenvalue weighted by molar-refractivity contribution is 0.222. The van der Waals surface area contributed by atoms with Crippen molar-refractivity contribution in [2.24, 2.45) is 0 Å². The number of aromatic nitrogens is 1. The third-order valence-electron chi connectivity index (χ3n) is 3.96. The van der Waals surface area contributed by atoms with Crippen LogP contribution in [0.5, 0.6) is 0 Å². The first-order chi connectivity index (χ1) is 10.5. The number of sulfonamides is 1. The van der Waals surface area contributed by atoms with E-state index in [0.29, 0.717) is 12.6 Å². The molecule has 0 spiro atoms. The largest absolute Gasteiger partial charge is 0.367 e. The van der Waals surface area contributed by atoms with E-state index in [1.54, 1.807) is 6.92 Å². The van der Waals surface area contributed by atoms with Gasteiger partial charge in [-0.3, -0.25) is 0 Å². The van der Waals surface area contributed by atoms with Gasteiger partial charge in [0.2, 0.25) is 10.0 Å². The Hall–Kier alpha value is -1.18. The molecule has 1 fully saturated rings. The molecule has 124 valence electrons. The minimum absolute atomic E-state index is 0.141. The van der Waals surface area contributed by atoms with Crippen molar-refractivity contribution in [3.63, 3.8) is 0 Å². The number of hydrogen-bond donors (Lipinski definition) is 2. The van der Waals surface area contributed by atoms with Crippen LogP contribution in [0.25, 0.3) is 0 Å². The summed E-state index contributed by atoms with van der Waals surface area (Å²) in [7, 11) is -3.07. The molecule has 6 nitrogen and oxygen atoms in total. The molecular weight excluding hydrogens is 300 g/mol. The van der Waals surface area contributed by atoms with Crippen LogP contribution in [0.2, 0.25) is 0 Å². The van der Waals surface area contributed by atoms with Gasteiger partial charge in [-0.25, -0.2) is 18.1 Å². The fourth-order valence-electron chi connectivity index (χ4n) is 2.59. The molecule has 1 aromatic heterocycles. The predicted octanol–water partition coefficient (Wildman–Crippen LogP) is 1.21. The first-order valence-corrected chi connectivity index (χ1v) is 9.53. The Kier molecular flexibility index (Phi) is 6.16. The normalized spacial score (nSPS) is 17.5. The summed E-state index contributed by atoms with van der Waals surface area (Å²) in [6.45, 7) is 6.88. The van der Waals surface area contributed by atoms with E-state index >= 15 is 0 Å². The highest BCUT2D eigenvalue weighted by atomic mass is 32.2. The molecule has 0 radical (unpaired) electrons. The lowest BCUT2D eigenvalue weighted by Gasteiger charge is -2.32. The van der Waals surface area contributed by atoms with Gasteiger partial charge in [0.1, 0.15) is 5.82 Å². The van der Waals surface area contributed by atoms with Crippen molar-refractivity contribution < 1.29 is 8.42 Å². The van der Waals surface area contributed by atoms with Crippen LogP contribution in [-0.4, -0.2) is 56.3 Å². The van der Waals surface area contributed by atoms with Crippen molar-refractivity contribution in [2.75, 3.05) is 37.2 Å². The highest BCUT2D eigenvalue weighted by Crippen LogP contribution is 2.15. The molecule has 7 heteroatoms. The number of likely N-dealkylation sites (tertiary alicyclic amines) is 1. The zero-order chi connectivity index (χ0) is 16.0. The number of rotatable bonds is 7. The van der Waals surface area contributed by atoms with Gasteiger partial charge in [-0.05, 0) is 38.8 Å². The number of anilines is 1. The molecule has 0 aromatic carbocycles. The molecule has 0 unspecified atom stereocenters. The van der Waals surface area contributed by atoms with E-state index in [2.05, 4.69) is 19.9 Å². The maximum Gasteiger partial charge on any atom is 0.211 e. The fraction of sp³-hybridized carbons (Fsp3) is 0.667. The van der Waals surface area contributed by atoms with Gasteiger partial charge in [0, 0.05) is 37.9 Å². The van der Waals surface area contributed by atoms with E-state index in [4.69, 9.17) is 0 Å². The fourth-order valence-corrected chi connectivity index (χ4v) is 3.20. The van der Waals surface area contributed by atoms with Gasteiger partial charge >= 0.3 is 0 Å². The van der Waals surface area contributed by atoms with E-state index < -0.39 is 10.0 Å². The Labute approximate surface area is 133 Å². The molecule has 1 aliphatic heterocycles. The van der Waals surface area contributed by atoms with Gasteiger partial charge < -0.3 is 10.2 Å². The molecule has 2 rings (SSSR count). The molecule has 0 aliphatic carbocycles. The molecule has 0 atom stereocenters. The van der Waals surface area contributed by atoms with E-state index in [0.717, 1.165) is 44.0 Å². The Morgan fingerprint density at radius 1 is 1.32 bits per heavy atom. The number of pyridine rings is 1. The van der Waals surface area contributed by atoms with Crippen LogP contribution in [0.1, 0.15) is 25.5 Å². The maximum atomic E-state index is 11.4. The monoisotopic (exact) mass is 326 g/mol. The highest BCUT2D eigenvalue weighted by molar-refractivity contribution is 7.89. The first-order valence-electron chi connectivity index (χ1n) is 7.88. The molecular formula is C15H26N4O2S. The summed E-state index contributed by atoms with van der Waals surface area (Å²) in [5.74, 6) is 1.08. The standard InChI is InChI=1S/C15H26N4O2S/c1-3-22(20,21)16-9-12-19-10-7-14(8-11-19)18-15-6-4-5-13(2)17-15/h4-6,14,16H,3,7-12H2,1-2H3,(H,17,18). The summed E-state index contributed by atoms with van der Waals surface area (Å²) >= 11 is 0. The van der Waals surface area contributed by atoms with E-state index in [-0.39, 0.29) is 5.75 Å². The molecule has 0 saturated carbocycles. The molecule has 22 heavy (non-hydrogen) atoms. The molecule has 2 heterocycles. The van der Waals surface area contributed by atoms with E-state index in [1.165, 1.54) is 0 Å². The third-order valence-corrected chi connectivity index (χ3v) is 5.36. The zero-order valence-corrected chi connectivity index (χ0v) is 14.2. The Morgan fingerprint density at radius 2 is 2.05 bits per heavy atom. The van der Waals surface area contributed by atoms with Crippen molar-refractivity contribution in [1.29, 1.82) is 0 Å². The second-order valence-electron chi connectivity index (χ2n) is 5.72. The quantitative estimate of drug-likeness (QED) is 0.788. The van der Waals surface area contributed by atoms with Crippen molar-refractivity contribution in [3.8, 4) is 0 Å². The second kappa shape index (κ2) is 7.89. The van der Waals surface area contributed by atoms with Gasteiger partial charge in [0.05, 0.1) is 5.75 Å². The van der Waals surface area contributed by atoms with Crippen LogP contribution in [0.4, 0.5) is 5.82 Å². The van der Waals surface area contributed by atoms with Crippen LogP contribution >= 0.6 is 0 Å². The summed E-state index contributed by atoms with van der Waals surface area (Å²) in [6.07, 6.45) is 2.10. The van der Waals surface area contributed by atoms with Crippen molar-refractivity contribution in [2.45, 2.75) is 32.7 Å². The molecule has 0 amide bonds. The van der Waals surface area contributed by atoms with Crippen molar-refractivity contribution in [3.05, 3.63) is 23.9 Å². The number of nitrogens with zero attached hydrogens (tertiary/aromatic N) is 2. The summed E-state index contributed by atoms with van der Waals surface area (Å²) < 4.78 is 25.4. The summed E-state index contributed by atoms with van der Waals surface area (Å²) in [6, 6.07) is 6.45. The van der Waals surface area contributed by atoms with Gasteiger partial charge in [0.15, 0.2) is 0 Å².